The van der Waals surface area contributed by atoms with E-state index in [9.17, 15) is 14.4 Å². The third kappa shape index (κ3) is 7.88. The first-order chi connectivity index (χ1) is 14.5. The Morgan fingerprint density at radius 1 is 0.833 bits per heavy atom. The number of para-hydroxylation sites is 1. The lowest BCUT2D eigenvalue weighted by Crippen LogP contribution is -2.25. The molecule has 0 aliphatic rings. The van der Waals surface area contributed by atoms with Crippen LogP contribution < -0.4 is 21.7 Å². The molecule has 0 atom stereocenters. The number of carbonyl (C=O) groups is 3. The van der Waals surface area contributed by atoms with Gasteiger partial charge in [-0.25, -0.2) is 0 Å². The van der Waals surface area contributed by atoms with Crippen molar-refractivity contribution < 1.29 is 14.4 Å². The largest absolute Gasteiger partial charge is 0.355 e. The first kappa shape index (κ1) is 23.4. The molecule has 5 N–H and O–H groups in total. The van der Waals surface area contributed by atoms with Crippen LogP contribution in [-0.4, -0.2) is 36.6 Å². The topological polar surface area (TPSA) is 113 Å². The highest BCUT2D eigenvalue weighted by molar-refractivity contribution is 7.81. The molecule has 0 saturated heterocycles. The molecule has 0 aliphatic heterocycles. The van der Waals surface area contributed by atoms with Crippen LogP contribution in [-0.2, 0) is 14.4 Å². The summed E-state index contributed by atoms with van der Waals surface area (Å²) in [5.41, 5.74) is 8.58. The highest BCUT2D eigenvalue weighted by Gasteiger charge is 2.08. The van der Waals surface area contributed by atoms with E-state index in [1.54, 1.807) is 0 Å². The molecule has 0 radical (unpaired) electrons. The molecule has 0 spiro atoms. The van der Waals surface area contributed by atoms with Gasteiger partial charge in [0.1, 0.15) is 0 Å². The Hall–Kier alpha value is -2.84. The van der Waals surface area contributed by atoms with Crippen LogP contribution in [0.1, 0.15) is 25.7 Å². The average molecular weight is 429 g/mol. The minimum atomic E-state index is -0.254. The summed E-state index contributed by atoms with van der Waals surface area (Å²) in [6.07, 6.45) is 2.89. The first-order valence-electron chi connectivity index (χ1n) is 9.90. The fourth-order valence-corrected chi connectivity index (χ4v) is 2.98. The maximum absolute atomic E-state index is 12.1. The molecular formula is C22H28N4O3S. The number of amides is 3. The van der Waals surface area contributed by atoms with Crippen molar-refractivity contribution in [3.8, 4) is 11.1 Å². The number of nitrogens with two attached hydrogens (primary N) is 1. The van der Waals surface area contributed by atoms with Gasteiger partial charge >= 0.3 is 0 Å². The molecule has 0 heterocycles. The minimum absolute atomic E-state index is 0.0437. The van der Waals surface area contributed by atoms with Crippen LogP contribution in [0.4, 0.5) is 11.4 Å². The summed E-state index contributed by atoms with van der Waals surface area (Å²) in [6, 6.07) is 14.9. The fraction of sp³-hybridized carbons (Fsp3) is 0.318. The maximum atomic E-state index is 12.1. The Bertz CT molecular complexity index is 856. The van der Waals surface area contributed by atoms with Crippen LogP contribution >= 0.6 is 12.6 Å². The van der Waals surface area contributed by atoms with E-state index in [1.165, 1.54) is 0 Å². The van der Waals surface area contributed by atoms with Crippen LogP contribution in [0, 0.1) is 0 Å². The second kappa shape index (κ2) is 12.7. The van der Waals surface area contributed by atoms with Gasteiger partial charge in [0.05, 0.1) is 12.3 Å². The molecule has 0 unspecified atom stereocenters. The molecule has 0 bridgehead atoms. The average Bonchev–Trinajstić information content (AvgIpc) is 2.76. The number of hydrogen-bond donors (Lipinski definition) is 5. The van der Waals surface area contributed by atoms with E-state index in [2.05, 4.69) is 28.6 Å². The quantitative estimate of drug-likeness (QED) is 0.280. The van der Waals surface area contributed by atoms with Gasteiger partial charge in [-0.3, -0.25) is 14.4 Å². The molecule has 2 rings (SSSR count). The Labute approximate surface area is 182 Å². The molecule has 7 nitrogen and oxygen atoms in total. The molecule has 0 aliphatic carbocycles. The highest BCUT2D eigenvalue weighted by Crippen LogP contribution is 2.28. The second-order valence-corrected chi connectivity index (χ2v) is 7.06. The number of benzene rings is 2. The van der Waals surface area contributed by atoms with E-state index in [0.29, 0.717) is 24.3 Å². The predicted octanol–water partition coefficient (Wildman–Crippen LogP) is 2.80. The van der Waals surface area contributed by atoms with E-state index in [4.69, 9.17) is 5.73 Å². The van der Waals surface area contributed by atoms with Gasteiger partial charge in [-0.05, 0) is 36.6 Å². The Kier molecular flexibility index (Phi) is 9.90. The summed E-state index contributed by atoms with van der Waals surface area (Å²) in [7, 11) is 0. The lowest BCUT2D eigenvalue weighted by Gasteiger charge is -2.12. The number of anilines is 2. The predicted molar refractivity (Wildman–Crippen MR) is 124 cm³/mol. The van der Waals surface area contributed by atoms with Crippen LogP contribution in [0.2, 0.25) is 0 Å². The van der Waals surface area contributed by atoms with Crippen LogP contribution in [0.5, 0.6) is 0 Å². The molecule has 8 heteroatoms. The lowest BCUT2D eigenvalue weighted by molar-refractivity contribution is -0.119. The zero-order valence-corrected chi connectivity index (χ0v) is 17.7. The molecule has 0 aromatic heterocycles. The van der Waals surface area contributed by atoms with Crippen molar-refractivity contribution >= 4 is 41.7 Å². The lowest BCUT2D eigenvalue weighted by atomic mass is 10.0. The molecule has 0 fully saturated rings. The van der Waals surface area contributed by atoms with Gasteiger partial charge in [-0.15, -0.1) is 0 Å². The van der Waals surface area contributed by atoms with E-state index in [-0.39, 0.29) is 30.0 Å². The van der Waals surface area contributed by atoms with Gasteiger partial charge in [0.15, 0.2) is 0 Å². The number of rotatable bonds is 11. The SMILES string of the molecule is NCC(=O)Nc1ccccc1-c1ccc(NC(=O)CCCCCNC(=O)CS)cc1. The normalized spacial score (nSPS) is 10.3. The van der Waals surface area contributed by atoms with Crippen LogP contribution in [0.25, 0.3) is 11.1 Å². The monoisotopic (exact) mass is 428 g/mol. The first-order valence-corrected chi connectivity index (χ1v) is 10.5. The molecule has 2 aromatic carbocycles. The Morgan fingerprint density at radius 2 is 1.57 bits per heavy atom. The van der Waals surface area contributed by atoms with E-state index >= 15 is 0 Å². The van der Waals surface area contributed by atoms with E-state index < -0.39 is 0 Å². The molecule has 2 aromatic rings. The number of nitrogens with one attached hydrogen (secondary N) is 3. The summed E-state index contributed by atoms with van der Waals surface area (Å²) in [6.45, 7) is 0.527. The maximum Gasteiger partial charge on any atom is 0.238 e. The number of hydrogen-bond acceptors (Lipinski definition) is 5. The van der Waals surface area contributed by atoms with Gasteiger partial charge < -0.3 is 21.7 Å². The zero-order valence-electron chi connectivity index (χ0n) is 16.8. The number of unbranched alkanes of at least 4 members (excludes halogenated alkanes) is 2. The minimum Gasteiger partial charge on any atom is -0.355 e. The fourth-order valence-electron chi connectivity index (χ4n) is 2.87. The molecule has 0 saturated carbocycles. The number of thiol groups is 1. The zero-order chi connectivity index (χ0) is 21.8. The summed E-state index contributed by atoms with van der Waals surface area (Å²) in [5.74, 6) is -0.188. The molecule has 3 amide bonds. The van der Waals surface area contributed by atoms with Gasteiger partial charge in [0.2, 0.25) is 17.7 Å². The highest BCUT2D eigenvalue weighted by atomic mass is 32.1. The standard InChI is InChI=1S/C22H28N4O3S/c23-14-21(28)26-19-7-4-3-6-18(19)16-9-11-17(12-10-16)25-20(27)8-2-1-5-13-24-22(29)15-30/h3-4,6-7,9-12,30H,1-2,5,8,13-15,23H2,(H,24,29)(H,25,27)(H,26,28). The summed E-state index contributed by atoms with van der Waals surface area (Å²) in [5, 5.41) is 8.43. The summed E-state index contributed by atoms with van der Waals surface area (Å²) >= 11 is 3.90. The summed E-state index contributed by atoms with van der Waals surface area (Å²) in [4.78, 5) is 34.8. The molecular weight excluding hydrogens is 400 g/mol. The number of carbonyl (C=O) groups excluding carboxylic acids is 3. The third-order valence-electron chi connectivity index (χ3n) is 4.41. The second-order valence-electron chi connectivity index (χ2n) is 6.74. The van der Waals surface area contributed by atoms with Crippen molar-refractivity contribution in [1.29, 1.82) is 0 Å². The van der Waals surface area contributed by atoms with Crippen molar-refractivity contribution in [3.05, 3.63) is 48.5 Å². The van der Waals surface area contributed by atoms with Crippen molar-refractivity contribution in [2.45, 2.75) is 25.7 Å². The van der Waals surface area contributed by atoms with Crippen LogP contribution in [0.3, 0.4) is 0 Å². The molecule has 160 valence electrons. The third-order valence-corrected chi connectivity index (χ3v) is 4.70. The van der Waals surface area contributed by atoms with E-state index in [1.807, 2.05) is 48.5 Å². The van der Waals surface area contributed by atoms with E-state index in [0.717, 1.165) is 30.4 Å². The van der Waals surface area contributed by atoms with Gasteiger partial charge in [0.25, 0.3) is 0 Å². The van der Waals surface area contributed by atoms with Gasteiger partial charge in [-0.1, -0.05) is 36.8 Å². The summed E-state index contributed by atoms with van der Waals surface area (Å²) < 4.78 is 0. The van der Waals surface area contributed by atoms with Crippen LogP contribution in [0.15, 0.2) is 48.5 Å². The van der Waals surface area contributed by atoms with Crippen molar-refractivity contribution in [2.75, 3.05) is 29.5 Å². The Morgan fingerprint density at radius 3 is 2.27 bits per heavy atom. The van der Waals surface area contributed by atoms with Crippen molar-refractivity contribution in [1.82, 2.24) is 5.32 Å². The Balaban J connectivity index is 1.83. The van der Waals surface area contributed by atoms with Gasteiger partial charge in [0, 0.05) is 29.9 Å². The smallest absolute Gasteiger partial charge is 0.238 e. The van der Waals surface area contributed by atoms with Gasteiger partial charge in [-0.2, -0.15) is 12.6 Å². The van der Waals surface area contributed by atoms with Crippen molar-refractivity contribution in [3.63, 3.8) is 0 Å². The van der Waals surface area contributed by atoms with Crippen molar-refractivity contribution in [2.24, 2.45) is 5.73 Å². The molecule has 30 heavy (non-hydrogen) atoms.